The molecule has 1 aliphatic heterocycles. The summed E-state index contributed by atoms with van der Waals surface area (Å²) in [4.78, 5) is 2.61. The summed E-state index contributed by atoms with van der Waals surface area (Å²) in [5, 5.41) is 0. The number of rotatable bonds is 2. The lowest BCUT2D eigenvalue weighted by molar-refractivity contribution is 0.129. The minimum atomic E-state index is 0.375. The van der Waals surface area contributed by atoms with Gasteiger partial charge in [-0.25, -0.2) is 0 Å². The lowest BCUT2D eigenvalue weighted by atomic mass is 9.79. The maximum Gasteiger partial charge on any atom is 0.119 e. The first-order chi connectivity index (χ1) is 8.18. The Kier molecular flexibility index (Phi) is 2.44. The molecule has 1 aliphatic carbocycles. The van der Waals surface area contributed by atoms with E-state index in [0.717, 1.165) is 12.3 Å². The molecule has 2 bridgehead atoms. The lowest BCUT2D eigenvalue weighted by Gasteiger charge is -2.37. The standard InChI is InChI=1S/C15H21NO/c1-4-16-8-7-15(2)10-14(16)12-6-5-11(17-3)9-13(12)15/h5-6,9,14H,4,7-8,10H2,1-3H3. The van der Waals surface area contributed by atoms with Gasteiger partial charge >= 0.3 is 0 Å². The van der Waals surface area contributed by atoms with Crippen LogP contribution in [0.4, 0.5) is 0 Å². The van der Waals surface area contributed by atoms with Crippen molar-refractivity contribution in [2.24, 2.45) is 0 Å². The highest BCUT2D eigenvalue weighted by Gasteiger charge is 2.45. The molecular weight excluding hydrogens is 210 g/mol. The molecule has 17 heavy (non-hydrogen) atoms. The van der Waals surface area contributed by atoms with Crippen LogP contribution in [-0.2, 0) is 5.41 Å². The van der Waals surface area contributed by atoms with Gasteiger partial charge in [0.1, 0.15) is 5.75 Å². The maximum absolute atomic E-state index is 5.37. The fourth-order valence-corrected chi connectivity index (χ4v) is 3.61. The summed E-state index contributed by atoms with van der Waals surface area (Å²) in [5.41, 5.74) is 3.44. The predicted octanol–water partition coefficient (Wildman–Crippen LogP) is 3.12. The van der Waals surface area contributed by atoms with Gasteiger partial charge in [-0.1, -0.05) is 19.9 Å². The molecule has 3 rings (SSSR count). The number of methoxy groups -OCH3 is 1. The molecule has 2 aliphatic rings. The van der Waals surface area contributed by atoms with Crippen LogP contribution < -0.4 is 4.74 Å². The molecule has 1 fully saturated rings. The van der Waals surface area contributed by atoms with Crippen molar-refractivity contribution in [3.8, 4) is 5.75 Å². The summed E-state index contributed by atoms with van der Waals surface area (Å²) >= 11 is 0. The minimum absolute atomic E-state index is 0.375. The van der Waals surface area contributed by atoms with E-state index in [4.69, 9.17) is 4.74 Å². The van der Waals surface area contributed by atoms with Crippen molar-refractivity contribution in [2.45, 2.75) is 38.1 Å². The van der Waals surface area contributed by atoms with Crippen LogP contribution in [0.15, 0.2) is 18.2 Å². The van der Waals surface area contributed by atoms with Crippen molar-refractivity contribution in [1.29, 1.82) is 0 Å². The van der Waals surface area contributed by atoms with E-state index in [1.54, 1.807) is 7.11 Å². The second-order valence-corrected chi connectivity index (χ2v) is 5.61. The summed E-state index contributed by atoms with van der Waals surface area (Å²) in [6.07, 6.45) is 2.56. The van der Waals surface area contributed by atoms with E-state index >= 15 is 0 Å². The van der Waals surface area contributed by atoms with E-state index in [0.29, 0.717) is 11.5 Å². The fraction of sp³-hybridized carbons (Fsp3) is 0.600. The van der Waals surface area contributed by atoms with Crippen molar-refractivity contribution in [1.82, 2.24) is 4.90 Å². The Morgan fingerprint density at radius 1 is 1.47 bits per heavy atom. The van der Waals surface area contributed by atoms with Gasteiger partial charge in [0.2, 0.25) is 0 Å². The van der Waals surface area contributed by atoms with Crippen LogP contribution in [0.1, 0.15) is 43.9 Å². The largest absolute Gasteiger partial charge is 0.497 e. The molecular formula is C15H21NO. The zero-order chi connectivity index (χ0) is 12.0. The van der Waals surface area contributed by atoms with Crippen LogP contribution in [0.3, 0.4) is 0 Å². The number of nitrogens with zero attached hydrogens (tertiary/aromatic N) is 1. The van der Waals surface area contributed by atoms with Gasteiger partial charge in [-0.3, -0.25) is 4.90 Å². The van der Waals surface area contributed by atoms with Crippen LogP contribution in [0.25, 0.3) is 0 Å². The average molecular weight is 231 g/mol. The van der Waals surface area contributed by atoms with Gasteiger partial charge < -0.3 is 4.74 Å². The smallest absolute Gasteiger partial charge is 0.119 e. The summed E-state index contributed by atoms with van der Waals surface area (Å²) < 4.78 is 5.37. The van der Waals surface area contributed by atoms with Gasteiger partial charge in [-0.05, 0) is 54.6 Å². The number of piperidine rings is 1. The third kappa shape index (κ3) is 1.50. The van der Waals surface area contributed by atoms with Gasteiger partial charge in [-0.2, -0.15) is 0 Å². The van der Waals surface area contributed by atoms with E-state index in [-0.39, 0.29) is 0 Å². The Labute approximate surface area is 104 Å². The molecule has 0 amide bonds. The molecule has 2 atom stereocenters. The molecule has 0 saturated carbocycles. The quantitative estimate of drug-likeness (QED) is 0.775. The van der Waals surface area contributed by atoms with Gasteiger partial charge in [0.25, 0.3) is 0 Å². The SMILES string of the molecule is CCN1CCC2(C)CC1c1ccc(OC)cc12. The van der Waals surface area contributed by atoms with Crippen LogP contribution in [0, 0.1) is 0 Å². The van der Waals surface area contributed by atoms with Crippen LogP contribution in [0.2, 0.25) is 0 Å². The monoisotopic (exact) mass is 231 g/mol. The Morgan fingerprint density at radius 3 is 3.00 bits per heavy atom. The molecule has 2 nitrogen and oxygen atoms in total. The van der Waals surface area contributed by atoms with Crippen molar-refractivity contribution in [3.05, 3.63) is 29.3 Å². The van der Waals surface area contributed by atoms with Crippen molar-refractivity contribution in [2.75, 3.05) is 20.2 Å². The Morgan fingerprint density at radius 2 is 2.29 bits per heavy atom. The minimum Gasteiger partial charge on any atom is -0.497 e. The van der Waals surface area contributed by atoms with Crippen molar-refractivity contribution < 1.29 is 4.74 Å². The molecule has 1 saturated heterocycles. The highest BCUT2D eigenvalue weighted by atomic mass is 16.5. The van der Waals surface area contributed by atoms with Gasteiger partial charge in [0.15, 0.2) is 0 Å². The summed E-state index contributed by atoms with van der Waals surface area (Å²) in [6, 6.07) is 7.28. The topological polar surface area (TPSA) is 12.5 Å². The van der Waals surface area contributed by atoms with Gasteiger partial charge in [0.05, 0.1) is 7.11 Å². The Balaban J connectivity index is 2.09. The Bertz CT molecular complexity index is 443. The molecule has 2 heteroatoms. The number of ether oxygens (including phenoxy) is 1. The first kappa shape index (κ1) is 11.1. The van der Waals surface area contributed by atoms with E-state index in [9.17, 15) is 0 Å². The molecule has 1 heterocycles. The lowest BCUT2D eigenvalue weighted by Crippen LogP contribution is -2.37. The first-order valence-electron chi connectivity index (χ1n) is 6.60. The average Bonchev–Trinajstić information content (AvgIpc) is 2.59. The third-order valence-electron chi connectivity index (χ3n) is 4.71. The Hall–Kier alpha value is -1.02. The van der Waals surface area contributed by atoms with E-state index in [1.807, 2.05) is 0 Å². The molecule has 0 radical (unpaired) electrons. The zero-order valence-corrected chi connectivity index (χ0v) is 11.0. The molecule has 92 valence electrons. The molecule has 0 aromatic heterocycles. The van der Waals surface area contributed by atoms with Gasteiger partial charge in [-0.15, -0.1) is 0 Å². The summed E-state index contributed by atoms with van der Waals surface area (Å²) in [5.74, 6) is 1.00. The van der Waals surface area contributed by atoms with E-state index < -0.39 is 0 Å². The molecule has 1 aromatic carbocycles. The normalized spacial score (nSPS) is 31.4. The van der Waals surface area contributed by atoms with E-state index in [2.05, 4.69) is 36.9 Å². The van der Waals surface area contributed by atoms with Crippen LogP contribution in [0.5, 0.6) is 5.75 Å². The summed E-state index contributed by atoms with van der Waals surface area (Å²) in [6.45, 7) is 7.07. The molecule has 2 unspecified atom stereocenters. The molecule has 1 aromatic rings. The highest BCUT2D eigenvalue weighted by molar-refractivity contribution is 5.47. The number of hydrogen-bond donors (Lipinski definition) is 0. The fourth-order valence-electron chi connectivity index (χ4n) is 3.61. The first-order valence-corrected chi connectivity index (χ1v) is 6.60. The van der Waals surface area contributed by atoms with E-state index in [1.165, 1.54) is 30.5 Å². The molecule has 0 N–H and O–H groups in total. The number of benzene rings is 1. The number of fused-ring (bicyclic) bond motifs is 5. The zero-order valence-electron chi connectivity index (χ0n) is 11.0. The number of likely N-dealkylation sites (tertiary alicyclic amines) is 1. The molecule has 0 spiro atoms. The second kappa shape index (κ2) is 3.74. The van der Waals surface area contributed by atoms with Crippen LogP contribution in [-0.4, -0.2) is 25.1 Å². The highest BCUT2D eigenvalue weighted by Crippen LogP contribution is 2.53. The van der Waals surface area contributed by atoms with Crippen molar-refractivity contribution in [3.63, 3.8) is 0 Å². The van der Waals surface area contributed by atoms with Crippen LogP contribution >= 0.6 is 0 Å². The third-order valence-corrected chi connectivity index (χ3v) is 4.71. The van der Waals surface area contributed by atoms with Gasteiger partial charge in [0, 0.05) is 6.04 Å². The maximum atomic E-state index is 5.37. The summed E-state index contributed by atoms with van der Waals surface area (Å²) in [7, 11) is 1.75. The second-order valence-electron chi connectivity index (χ2n) is 5.61. The number of hydrogen-bond acceptors (Lipinski definition) is 2. The predicted molar refractivity (Wildman–Crippen MR) is 69.6 cm³/mol. The van der Waals surface area contributed by atoms with Crippen molar-refractivity contribution >= 4 is 0 Å².